The standard InChI is InChI=1S/C11H17NO5/c13-10(9-7-16-5-6-17-9)12-4-2-1-3-8(12)11(14)15/h8-9H,1-7H2,(H,14,15)/t8-,9+/m0/s1. The van der Waals surface area contributed by atoms with Crippen LogP contribution in [-0.4, -0.2) is 60.4 Å². The maximum absolute atomic E-state index is 12.1. The minimum absolute atomic E-state index is 0.224. The van der Waals surface area contributed by atoms with Gasteiger partial charge in [-0.2, -0.15) is 0 Å². The van der Waals surface area contributed by atoms with Crippen molar-refractivity contribution in [2.24, 2.45) is 0 Å². The summed E-state index contributed by atoms with van der Waals surface area (Å²) in [5, 5.41) is 9.09. The monoisotopic (exact) mass is 243 g/mol. The van der Waals surface area contributed by atoms with E-state index in [4.69, 9.17) is 14.6 Å². The molecule has 0 spiro atoms. The number of carboxylic acid groups (broad SMARTS) is 1. The zero-order valence-corrected chi connectivity index (χ0v) is 9.63. The average molecular weight is 243 g/mol. The topological polar surface area (TPSA) is 76.1 Å². The Bertz CT molecular complexity index is 300. The molecule has 6 nitrogen and oxygen atoms in total. The third-order valence-electron chi connectivity index (χ3n) is 3.16. The Morgan fingerprint density at radius 2 is 2.06 bits per heavy atom. The Balaban J connectivity index is 2.02. The van der Waals surface area contributed by atoms with Gasteiger partial charge < -0.3 is 19.5 Å². The van der Waals surface area contributed by atoms with Gasteiger partial charge in [0.05, 0.1) is 19.8 Å². The first-order chi connectivity index (χ1) is 8.20. The van der Waals surface area contributed by atoms with E-state index in [0.717, 1.165) is 12.8 Å². The molecule has 2 aliphatic heterocycles. The number of hydrogen-bond acceptors (Lipinski definition) is 4. The van der Waals surface area contributed by atoms with Crippen LogP contribution >= 0.6 is 0 Å². The van der Waals surface area contributed by atoms with E-state index in [2.05, 4.69) is 0 Å². The summed E-state index contributed by atoms with van der Waals surface area (Å²) >= 11 is 0. The molecule has 6 heteroatoms. The smallest absolute Gasteiger partial charge is 0.326 e. The zero-order chi connectivity index (χ0) is 12.3. The molecule has 2 rings (SSSR count). The lowest BCUT2D eigenvalue weighted by Crippen LogP contribution is -2.53. The molecule has 0 saturated carbocycles. The first-order valence-electron chi connectivity index (χ1n) is 5.93. The molecule has 0 aromatic rings. The SMILES string of the molecule is O=C(O)[C@@H]1CCCCN1C(=O)[C@H]1COCCO1. The summed E-state index contributed by atoms with van der Waals surface area (Å²) in [5.74, 6) is -1.19. The van der Waals surface area contributed by atoms with Gasteiger partial charge in [-0.15, -0.1) is 0 Å². The predicted molar refractivity (Wildman–Crippen MR) is 57.5 cm³/mol. The lowest BCUT2D eigenvalue weighted by Gasteiger charge is -2.36. The number of likely N-dealkylation sites (tertiary alicyclic amines) is 1. The van der Waals surface area contributed by atoms with E-state index in [1.807, 2.05) is 0 Å². The van der Waals surface area contributed by atoms with Crippen LogP contribution in [0.4, 0.5) is 0 Å². The van der Waals surface area contributed by atoms with Gasteiger partial charge in [-0.25, -0.2) is 4.79 Å². The molecule has 0 aromatic carbocycles. The summed E-state index contributed by atoms with van der Waals surface area (Å²) in [6, 6.07) is -0.707. The quantitative estimate of drug-likeness (QED) is 0.731. The molecule has 2 aliphatic rings. The van der Waals surface area contributed by atoms with Gasteiger partial charge in [-0.1, -0.05) is 0 Å². The summed E-state index contributed by atoms with van der Waals surface area (Å²) in [6.45, 7) is 1.60. The summed E-state index contributed by atoms with van der Waals surface area (Å²) in [5.41, 5.74) is 0. The summed E-state index contributed by atoms with van der Waals surface area (Å²) < 4.78 is 10.5. The average Bonchev–Trinajstić information content (AvgIpc) is 2.39. The molecule has 17 heavy (non-hydrogen) atoms. The number of rotatable bonds is 2. The minimum atomic E-state index is -0.935. The predicted octanol–water partition coefficient (Wildman–Crippen LogP) is -0.133. The van der Waals surface area contributed by atoms with E-state index in [1.54, 1.807) is 0 Å². The number of carbonyl (C=O) groups is 2. The van der Waals surface area contributed by atoms with Crippen LogP contribution in [-0.2, 0) is 19.1 Å². The number of piperidine rings is 1. The van der Waals surface area contributed by atoms with Crippen molar-refractivity contribution in [3.63, 3.8) is 0 Å². The van der Waals surface area contributed by atoms with Gasteiger partial charge in [0.2, 0.25) is 0 Å². The summed E-state index contributed by atoms with van der Waals surface area (Å²) in [4.78, 5) is 24.6. The zero-order valence-electron chi connectivity index (χ0n) is 9.63. The van der Waals surface area contributed by atoms with Crippen molar-refractivity contribution in [3.8, 4) is 0 Å². The van der Waals surface area contributed by atoms with Crippen molar-refractivity contribution in [2.45, 2.75) is 31.4 Å². The van der Waals surface area contributed by atoms with Gasteiger partial charge in [0.15, 0.2) is 6.10 Å². The maximum atomic E-state index is 12.1. The largest absolute Gasteiger partial charge is 0.480 e. The fraction of sp³-hybridized carbons (Fsp3) is 0.818. The molecule has 1 amide bonds. The van der Waals surface area contributed by atoms with E-state index in [0.29, 0.717) is 26.2 Å². The molecule has 2 heterocycles. The highest BCUT2D eigenvalue weighted by atomic mass is 16.6. The summed E-state index contributed by atoms with van der Waals surface area (Å²) in [7, 11) is 0. The van der Waals surface area contributed by atoms with Crippen LogP contribution in [0.2, 0.25) is 0 Å². The Labute approximate surface area is 99.5 Å². The normalized spacial score (nSPS) is 30.0. The highest BCUT2D eigenvalue weighted by Gasteiger charge is 2.36. The van der Waals surface area contributed by atoms with Gasteiger partial charge >= 0.3 is 5.97 Å². The maximum Gasteiger partial charge on any atom is 0.326 e. The fourth-order valence-corrected chi connectivity index (χ4v) is 2.27. The number of carbonyl (C=O) groups excluding carboxylic acids is 1. The number of carboxylic acids is 1. The van der Waals surface area contributed by atoms with Gasteiger partial charge in [-0.05, 0) is 19.3 Å². The van der Waals surface area contributed by atoms with Crippen LogP contribution in [0, 0.1) is 0 Å². The van der Waals surface area contributed by atoms with Gasteiger partial charge in [0, 0.05) is 6.54 Å². The Kier molecular flexibility index (Phi) is 3.96. The van der Waals surface area contributed by atoms with Crippen LogP contribution in [0.25, 0.3) is 0 Å². The second-order valence-corrected chi connectivity index (χ2v) is 4.32. The van der Waals surface area contributed by atoms with Crippen molar-refractivity contribution < 1.29 is 24.2 Å². The van der Waals surface area contributed by atoms with Crippen molar-refractivity contribution >= 4 is 11.9 Å². The van der Waals surface area contributed by atoms with Crippen molar-refractivity contribution in [1.82, 2.24) is 4.90 Å². The van der Waals surface area contributed by atoms with Crippen LogP contribution in [0.1, 0.15) is 19.3 Å². The number of ether oxygens (including phenoxy) is 2. The highest BCUT2D eigenvalue weighted by molar-refractivity contribution is 5.86. The molecule has 2 saturated heterocycles. The van der Waals surface area contributed by atoms with E-state index < -0.39 is 18.1 Å². The molecule has 0 unspecified atom stereocenters. The second kappa shape index (κ2) is 5.46. The van der Waals surface area contributed by atoms with Crippen molar-refractivity contribution in [1.29, 1.82) is 0 Å². The molecule has 1 N–H and O–H groups in total. The van der Waals surface area contributed by atoms with Gasteiger partial charge in [-0.3, -0.25) is 4.79 Å². The molecule has 2 fully saturated rings. The van der Waals surface area contributed by atoms with Crippen LogP contribution in [0.3, 0.4) is 0 Å². The lowest BCUT2D eigenvalue weighted by atomic mass is 10.0. The molecule has 0 radical (unpaired) electrons. The molecule has 96 valence electrons. The molecule has 0 bridgehead atoms. The number of nitrogens with zero attached hydrogens (tertiary/aromatic N) is 1. The first kappa shape index (κ1) is 12.3. The van der Waals surface area contributed by atoms with Crippen LogP contribution in [0.5, 0.6) is 0 Å². The number of amides is 1. The van der Waals surface area contributed by atoms with Crippen molar-refractivity contribution in [2.75, 3.05) is 26.4 Å². The van der Waals surface area contributed by atoms with E-state index in [1.165, 1.54) is 4.90 Å². The first-order valence-corrected chi connectivity index (χ1v) is 5.93. The van der Waals surface area contributed by atoms with Crippen LogP contribution in [0.15, 0.2) is 0 Å². The molecule has 0 aromatic heterocycles. The summed E-state index contributed by atoms with van der Waals surface area (Å²) in [6.07, 6.45) is 1.59. The number of aliphatic carboxylic acids is 1. The molecular formula is C11H17NO5. The minimum Gasteiger partial charge on any atom is -0.480 e. The van der Waals surface area contributed by atoms with Crippen LogP contribution < -0.4 is 0 Å². The second-order valence-electron chi connectivity index (χ2n) is 4.32. The van der Waals surface area contributed by atoms with Crippen molar-refractivity contribution in [3.05, 3.63) is 0 Å². The molecule has 0 aliphatic carbocycles. The third-order valence-corrected chi connectivity index (χ3v) is 3.16. The van der Waals surface area contributed by atoms with Gasteiger partial charge in [0.1, 0.15) is 6.04 Å². The van der Waals surface area contributed by atoms with E-state index >= 15 is 0 Å². The Hall–Kier alpha value is -1.14. The third kappa shape index (κ3) is 2.76. The van der Waals surface area contributed by atoms with E-state index in [-0.39, 0.29) is 12.5 Å². The number of hydrogen-bond donors (Lipinski definition) is 1. The lowest BCUT2D eigenvalue weighted by molar-refractivity contribution is -0.167. The van der Waals surface area contributed by atoms with Gasteiger partial charge in [0.25, 0.3) is 5.91 Å². The highest BCUT2D eigenvalue weighted by Crippen LogP contribution is 2.19. The molecular weight excluding hydrogens is 226 g/mol. The Morgan fingerprint density at radius 1 is 1.24 bits per heavy atom. The Morgan fingerprint density at radius 3 is 2.71 bits per heavy atom. The molecule has 2 atom stereocenters. The van der Waals surface area contributed by atoms with E-state index in [9.17, 15) is 9.59 Å². The fourth-order valence-electron chi connectivity index (χ4n) is 2.27.